The van der Waals surface area contributed by atoms with E-state index in [2.05, 4.69) is 20.1 Å². The molecule has 0 spiro atoms. The summed E-state index contributed by atoms with van der Waals surface area (Å²) >= 11 is 7.82. The third-order valence-electron chi connectivity index (χ3n) is 4.25. The molecule has 0 aliphatic heterocycles. The molecule has 1 aliphatic rings. The van der Waals surface area contributed by atoms with Gasteiger partial charge in [-0.2, -0.15) is 0 Å². The minimum absolute atomic E-state index is 0.0141. The summed E-state index contributed by atoms with van der Waals surface area (Å²) in [6.07, 6.45) is 4.65. The van der Waals surface area contributed by atoms with Crippen molar-refractivity contribution in [2.45, 2.75) is 56.8 Å². The molecule has 1 amide bonds. The van der Waals surface area contributed by atoms with Crippen LogP contribution < -0.4 is 5.32 Å². The van der Waals surface area contributed by atoms with E-state index in [1.54, 1.807) is 0 Å². The molecular formula is C18H23ClN4OS. The first-order valence-corrected chi connectivity index (χ1v) is 10.0. The van der Waals surface area contributed by atoms with Crippen molar-refractivity contribution >= 4 is 29.3 Å². The Morgan fingerprint density at radius 2 is 2.04 bits per heavy atom. The van der Waals surface area contributed by atoms with Crippen molar-refractivity contribution in [2.24, 2.45) is 0 Å². The number of nitrogens with zero attached hydrogens (tertiary/aromatic N) is 3. The van der Waals surface area contributed by atoms with Crippen LogP contribution in [0.25, 0.3) is 11.4 Å². The van der Waals surface area contributed by atoms with Gasteiger partial charge in [-0.05, 0) is 38.8 Å². The Morgan fingerprint density at radius 3 is 2.72 bits per heavy atom. The molecule has 0 radical (unpaired) electrons. The Bertz CT molecular complexity index is 740. The van der Waals surface area contributed by atoms with Crippen LogP contribution in [0.5, 0.6) is 0 Å². The normalized spacial score (nSPS) is 15.0. The van der Waals surface area contributed by atoms with Crippen molar-refractivity contribution in [2.75, 3.05) is 5.75 Å². The number of hydrogen-bond acceptors (Lipinski definition) is 4. The number of rotatable bonds is 6. The van der Waals surface area contributed by atoms with Crippen LogP contribution in [0.1, 0.15) is 45.6 Å². The fourth-order valence-electron chi connectivity index (χ4n) is 3.19. The largest absolute Gasteiger partial charge is 0.353 e. The topological polar surface area (TPSA) is 59.8 Å². The standard InChI is InChI=1S/C18H23ClN4OS/c1-12(2)20-16(24)11-25-18-22-21-17(14-9-5-6-10-15(14)19)23(18)13-7-3-4-8-13/h5-6,9-10,12-13H,3-4,7-8,11H2,1-2H3,(H,20,24). The monoisotopic (exact) mass is 378 g/mol. The summed E-state index contributed by atoms with van der Waals surface area (Å²) in [5.74, 6) is 1.15. The number of halogens is 1. The summed E-state index contributed by atoms with van der Waals surface area (Å²) in [6.45, 7) is 3.91. The summed E-state index contributed by atoms with van der Waals surface area (Å²) in [4.78, 5) is 12.0. The van der Waals surface area contributed by atoms with E-state index in [1.807, 2.05) is 38.1 Å². The fourth-order valence-corrected chi connectivity index (χ4v) is 4.22. The molecule has 1 N–H and O–H groups in total. The lowest BCUT2D eigenvalue weighted by atomic mass is 10.2. The van der Waals surface area contributed by atoms with E-state index in [9.17, 15) is 4.79 Å². The molecule has 0 unspecified atom stereocenters. The lowest BCUT2D eigenvalue weighted by Crippen LogP contribution is -2.31. The second-order valence-corrected chi connectivity index (χ2v) is 7.95. The molecule has 1 aromatic heterocycles. The highest BCUT2D eigenvalue weighted by Gasteiger charge is 2.26. The van der Waals surface area contributed by atoms with Crippen molar-refractivity contribution in [1.82, 2.24) is 20.1 Å². The van der Waals surface area contributed by atoms with Crippen LogP contribution in [0, 0.1) is 0 Å². The maximum absolute atomic E-state index is 12.0. The molecule has 1 aliphatic carbocycles. The van der Waals surface area contributed by atoms with Gasteiger partial charge in [-0.15, -0.1) is 10.2 Å². The first kappa shape index (κ1) is 18.3. The zero-order chi connectivity index (χ0) is 17.8. The average molecular weight is 379 g/mol. The zero-order valence-corrected chi connectivity index (χ0v) is 16.1. The van der Waals surface area contributed by atoms with Gasteiger partial charge in [0.25, 0.3) is 0 Å². The molecule has 0 saturated heterocycles. The molecule has 1 aromatic carbocycles. The van der Waals surface area contributed by atoms with Gasteiger partial charge >= 0.3 is 0 Å². The van der Waals surface area contributed by atoms with Crippen LogP contribution in [0.3, 0.4) is 0 Å². The third-order valence-corrected chi connectivity index (χ3v) is 5.52. The van der Waals surface area contributed by atoms with E-state index in [4.69, 9.17) is 11.6 Å². The summed E-state index contributed by atoms with van der Waals surface area (Å²) < 4.78 is 2.18. The highest BCUT2D eigenvalue weighted by Crippen LogP contribution is 2.38. The highest BCUT2D eigenvalue weighted by atomic mass is 35.5. The van der Waals surface area contributed by atoms with Crippen LogP contribution in [-0.4, -0.2) is 32.5 Å². The van der Waals surface area contributed by atoms with Crippen molar-refractivity contribution in [3.8, 4) is 11.4 Å². The minimum Gasteiger partial charge on any atom is -0.353 e. The lowest BCUT2D eigenvalue weighted by Gasteiger charge is -2.17. The van der Waals surface area contributed by atoms with E-state index in [0.717, 1.165) is 29.4 Å². The second-order valence-electron chi connectivity index (χ2n) is 6.61. The summed E-state index contributed by atoms with van der Waals surface area (Å²) in [5.41, 5.74) is 0.891. The van der Waals surface area contributed by atoms with Crippen molar-refractivity contribution in [3.63, 3.8) is 0 Å². The highest BCUT2D eigenvalue weighted by molar-refractivity contribution is 7.99. The first-order valence-electron chi connectivity index (χ1n) is 8.68. The summed E-state index contributed by atoms with van der Waals surface area (Å²) in [6, 6.07) is 8.22. The molecule has 1 heterocycles. The van der Waals surface area contributed by atoms with Gasteiger partial charge in [0, 0.05) is 17.6 Å². The number of benzene rings is 1. The Kier molecular flexibility index (Phi) is 6.02. The molecule has 5 nitrogen and oxygen atoms in total. The Labute approximate surface area is 157 Å². The van der Waals surface area contributed by atoms with E-state index in [0.29, 0.717) is 16.8 Å². The molecule has 3 rings (SSSR count). The number of amides is 1. The van der Waals surface area contributed by atoms with Gasteiger partial charge in [-0.1, -0.05) is 48.3 Å². The van der Waals surface area contributed by atoms with Gasteiger partial charge in [-0.3, -0.25) is 9.36 Å². The van der Waals surface area contributed by atoms with Crippen LogP contribution in [-0.2, 0) is 4.79 Å². The number of hydrogen-bond donors (Lipinski definition) is 1. The van der Waals surface area contributed by atoms with Crippen molar-refractivity contribution in [3.05, 3.63) is 29.3 Å². The number of carbonyl (C=O) groups is 1. The summed E-state index contributed by atoms with van der Waals surface area (Å²) in [5, 5.41) is 13.1. The van der Waals surface area contributed by atoms with Crippen molar-refractivity contribution < 1.29 is 4.79 Å². The zero-order valence-electron chi connectivity index (χ0n) is 14.5. The van der Waals surface area contributed by atoms with Gasteiger partial charge in [0.15, 0.2) is 11.0 Å². The van der Waals surface area contributed by atoms with E-state index < -0.39 is 0 Å². The van der Waals surface area contributed by atoms with Gasteiger partial charge in [0.1, 0.15) is 0 Å². The molecular weight excluding hydrogens is 356 g/mol. The average Bonchev–Trinajstić information content (AvgIpc) is 3.22. The van der Waals surface area contributed by atoms with Gasteiger partial charge < -0.3 is 5.32 Å². The Balaban J connectivity index is 1.88. The molecule has 0 bridgehead atoms. The van der Waals surface area contributed by atoms with Crippen molar-refractivity contribution in [1.29, 1.82) is 0 Å². The molecule has 134 valence electrons. The Morgan fingerprint density at radius 1 is 1.32 bits per heavy atom. The number of carbonyl (C=O) groups excluding carboxylic acids is 1. The van der Waals surface area contributed by atoms with Crippen LogP contribution >= 0.6 is 23.4 Å². The SMILES string of the molecule is CC(C)NC(=O)CSc1nnc(-c2ccccc2Cl)n1C1CCCC1. The summed E-state index contributed by atoms with van der Waals surface area (Å²) in [7, 11) is 0. The maximum Gasteiger partial charge on any atom is 0.230 e. The molecule has 7 heteroatoms. The predicted octanol–water partition coefficient (Wildman–Crippen LogP) is 4.33. The lowest BCUT2D eigenvalue weighted by molar-refractivity contribution is -0.119. The molecule has 0 atom stereocenters. The van der Waals surface area contributed by atoms with Gasteiger partial charge in [0.05, 0.1) is 10.8 Å². The fraction of sp³-hybridized carbons (Fsp3) is 0.500. The quantitative estimate of drug-likeness (QED) is 0.760. The number of nitrogens with one attached hydrogen (secondary N) is 1. The van der Waals surface area contributed by atoms with Gasteiger partial charge in [0.2, 0.25) is 5.91 Å². The van der Waals surface area contributed by atoms with E-state index in [1.165, 1.54) is 24.6 Å². The predicted molar refractivity (Wildman–Crippen MR) is 102 cm³/mol. The third kappa shape index (κ3) is 4.36. The smallest absolute Gasteiger partial charge is 0.230 e. The number of aromatic nitrogens is 3. The van der Waals surface area contributed by atoms with E-state index >= 15 is 0 Å². The van der Waals surface area contributed by atoms with Crippen LogP contribution in [0.15, 0.2) is 29.4 Å². The maximum atomic E-state index is 12.0. The molecule has 25 heavy (non-hydrogen) atoms. The molecule has 1 saturated carbocycles. The van der Waals surface area contributed by atoms with Crippen LogP contribution in [0.4, 0.5) is 0 Å². The first-order chi connectivity index (χ1) is 12.1. The molecule has 1 fully saturated rings. The minimum atomic E-state index is 0.0141. The van der Waals surface area contributed by atoms with E-state index in [-0.39, 0.29) is 11.9 Å². The van der Waals surface area contributed by atoms with Crippen LogP contribution in [0.2, 0.25) is 5.02 Å². The second kappa shape index (κ2) is 8.23. The Hall–Kier alpha value is -1.53. The van der Waals surface area contributed by atoms with Gasteiger partial charge in [-0.25, -0.2) is 0 Å². The molecule has 2 aromatic rings. The number of thioether (sulfide) groups is 1.